The maximum Gasteiger partial charge on any atom is 0.242 e. The summed E-state index contributed by atoms with van der Waals surface area (Å²) in [5.74, 6) is 1.69. The first-order valence-corrected chi connectivity index (χ1v) is 8.11. The Morgan fingerprint density at radius 1 is 1.38 bits per heavy atom. The molecule has 0 saturated carbocycles. The number of anilines is 1. The molecule has 0 saturated heterocycles. The minimum absolute atomic E-state index is 0.00151. The molecular formula is C13H16ClN3O3S. The van der Waals surface area contributed by atoms with E-state index in [1.165, 1.54) is 12.3 Å². The Morgan fingerprint density at radius 2 is 2.10 bits per heavy atom. The highest BCUT2D eigenvalue weighted by Crippen LogP contribution is 2.23. The number of pyridine rings is 1. The lowest BCUT2D eigenvalue weighted by molar-refractivity contribution is 0.441. The van der Waals surface area contributed by atoms with Gasteiger partial charge >= 0.3 is 0 Å². The maximum atomic E-state index is 12.3. The molecule has 0 aliphatic rings. The number of halogens is 1. The summed E-state index contributed by atoms with van der Waals surface area (Å²) in [6.45, 7) is 3.50. The van der Waals surface area contributed by atoms with Crippen LogP contribution in [0.2, 0.25) is 5.02 Å². The molecule has 0 radical (unpaired) electrons. The molecule has 0 bridgehead atoms. The Bertz CT molecular complexity index is 743. The Labute approximate surface area is 128 Å². The topological polar surface area (TPSA) is 84.2 Å². The van der Waals surface area contributed by atoms with Crippen molar-refractivity contribution in [2.45, 2.75) is 24.8 Å². The van der Waals surface area contributed by atoms with Crippen LogP contribution in [-0.4, -0.2) is 20.4 Å². The summed E-state index contributed by atoms with van der Waals surface area (Å²) >= 11 is 5.96. The lowest BCUT2D eigenvalue weighted by Crippen LogP contribution is -2.26. The lowest BCUT2D eigenvalue weighted by atomic mass is 10.3. The summed E-state index contributed by atoms with van der Waals surface area (Å²) in [5.41, 5.74) is 0. The van der Waals surface area contributed by atoms with Crippen molar-refractivity contribution in [1.82, 2.24) is 9.71 Å². The number of furan rings is 1. The molecule has 2 N–H and O–H groups in total. The van der Waals surface area contributed by atoms with Gasteiger partial charge < -0.3 is 9.73 Å². The summed E-state index contributed by atoms with van der Waals surface area (Å²) in [6, 6.07) is 4.37. The number of aromatic nitrogens is 1. The molecule has 0 aliphatic heterocycles. The van der Waals surface area contributed by atoms with Gasteiger partial charge in [0.25, 0.3) is 0 Å². The van der Waals surface area contributed by atoms with Crippen molar-refractivity contribution in [1.29, 1.82) is 0 Å². The van der Waals surface area contributed by atoms with Crippen molar-refractivity contribution in [3.63, 3.8) is 0 Å². The fourth-order valence-corrected chi connectivity index (χ4v) is 3.30. The molecule has 0 fully saturated rings. The van der Waals surface area contributed by atoms with E-state index in [0.717, 1.165) is 5.76 Å². The molecule has 2 aromatic rings. The van der Waals surface area contributed by atoms with E-state index < -0.39 is 16.1 Å². The molecule has 21 heavy (non-hydrogen) atoms. The first-order valence-electron chi connectivity index (χ1n) is 6.25. The number of nitrogens with zero attached hydrogens (tertiary/aromatic N) is 1. The monoisotopic (exact) mass is 329 g/mol. The Hall–Kier alpha value is -1.57. The predicted molar refractivity (Wildman–Crippen MR) is 81.0 cm³/mol. The van der Waals surface area contributed by atoms with Crippen LogP contribution >= 0.6 is 11.6 Å². The molecule has 2 heterocycles. The summed E-state index contributed by atoms with van der Waals surface area (Å²) in [4.78, 5) is 3.96. The number of sulfonamides is 1. The van der Waals surface area contributed by atoms with E-state index in [4.69, 9.17) is 16.0 Å². The van der Waals surface area contributed by atoms with Crippen molar-refractivity contribution >= 4 is 27.4 Å². The third-order valence-electron chi connectivity index (χ3n) is 2.88. The van der Waals surface area contributed by atoms with E-state index >= 15 is 0 Å². The van der Waals surface area contributed by atoms with Crippen LogP contribution in [0.3, 0.4) is 0 Å². The zero-order valence-electron chi connectivity index (χ0n) is 11.8. The van der Waals surface area contributed by atoms with Crippen LogP contribution in [0.4, 0.5) is 5.82 Å². The minimum atomic E-state index is -3.73. The van der Waals surface area contributed by atoms with Crippen LogP contribution in [0.1, 0.15) is 24.5 Å². The van der Waals surface area contributed by atoms with E-state index in [2.05, 4.69) is 15.0 Å². The van der Waals surface area contributed by atoms with Crippen LogP contribution < -0.4 is 10.0 Å². The molecule has 2 aromatic heterocycles. The molecule has 1 atom stereocenters. The van der Waals surface area contributed by atoms with Crippen LogP contribution in [0.5, 0.6) is 0 Å². The second-order valence-electron chi connectivity index (χ2n) is 4.54. The summed E-state index contributed by atoms with van der Waals surface area (Å²) in [7, 11) is -2.08. The van der Waals surface area contributed by atoms with E-state index in [0.29, 0.717) is 11.6 Å². The third kappa shape index (κ3) is 3.55. The van der Waals surface area contributed by atoms with Gasteiger partial charge in [-0.25, -0.2) is 18.1 Å². The number of hydrogen-bond donors (Lipinski definition) is 2. The lowest BCUT2D eigenvalue weighted by Gasteiger charge is -2.12. The molecule has 114 valence electrons. The average molecular weight is 330 g/mol. The molecule has 0 amide bonds. The van der Waals surface area contributed by atoms with Crippen molar-refractivity contribution in [3.8, 4) is 0 Å². The zero-order valence-corrected chi connectivity index (χ0v) is 13.4. The molecule has 2 rings (SSSR count). The minimum Gasteiger partial charge on any atom is -0.465 e. The molecule has 0 aromatic carbocycles. The van der Waals surface area contributed by atoms with Crippen LogP contribution in [0, 0.1) is 6.92 Å². The fraction of sp³-hybridized carbons (Fsp3) is 0.308. The highest BCUT2D eigenvalue weighted by atomic mass is 35.5. The van der Waals surface area contributed by atoms with Crippen LogP contribution in [0.15, 0.2) is 33.7 Å². The Balaban J connectivity index is 2.24. The second-order valence-corrected chi connectivity index (χ2v) is 6.66. The first-order chi connectivity index (χ1) is 9.83. The Morgan fingerprint density at radius 3 is 2.62 bits per heavy atom. The summed E-state index contributed by atoms with van der Waals surface area (Å²) in [5, 5.41) is 3.01. The molecule has 0 aliphatic carbocycles. The summed E-state index contributed by atoms with van der Waals surface area (Å²) < 4.78 is 32.5. The molecule has 8 heteroatoms. The number of nitrogens with one attached hydrogen (secondary N) is 2. The highest BCUT2D eigenvalue weighted by molar-refractivity contribution is 7.89. The van der Waals surface area contributed by atoms with Gasteiger partial charge in [0.05, 0.1) is 11.1 Å². The summed E-state index contributed by atoms with van der Waals surface area (Å²) in [6.07, 6.45) is 1.25. The van der Waals surface area contributed by atoms with Gasteiger partial charge in [0.2, 0.25) is 10.0 Å². The van der Waals surface area contributed by atoms with Gasteiger partial charge in [-0.1, -0.05) is 11.6 Å². The number of hydrogen-bond acceptors (Lipinski definition) is 5. The van der Waals surface area contributed by atoms with Crippen LogP contribution in [0.25, 0.3) is 0 Å². The molecular weight excluding hydrogens is 314 g/mol. The van der Waals surface area contributed by atoms with Gasteiger partial charge in [-0.05, 0) is 32.0 Å². The van der Waals surface area contributed by atoms with Gasteiger partial charge in [0, 0.05) is 13.2 Å². The molecule has 6 nitrogen and oxygen atoms in total. The van der Waals surface area contributed by atoms with Gasteiger partial charge in [0.15, 0.2) is 0 Å². The van der Waals surface area contributed by atoms with Crippen molar-refractivity contribution in [2.24, 2.45) is 0 Å². The van der Waals surface area contributed by atoms with E-state index in [-0.39, 0.29) is 9.92 Å². The fourth-order valence-electron chi connectivity index (χ4n) is 1.80. The standard InChI is InChI=1S/C13H16ClN3O3S/c1-8-4-5-12(20-8)9(2)17-21(18,19)10-6-11(14)13(15-3)16-7-10/h4-7,9,17H,1-3H3,(H,15,16). The largest absolute Gasteiger partial charge is 0.465 e. The predicted octanol–water partition coefficient (Wildman–Crippen LogP) is 2.72. The first kappa shape index (κ1) is 15.8. The smallest absolute Gasteiger partial charge is 0.242 e. The SMILES string of the molecule is CNc1ncc(S(=O)(=O)NC(C)c2ccc(C)o2)cc1Cl. The Kier molecular flexibility index (Phi) is 4.55. The van der Waals surface area contributed by atoms with Gasteiger partial charge in [-0.15, -0.1) is 0 Å². The number of aryl methyl sites for hydroxylation is 1. The number of rotatable bonds is 5. The highest BCUT2D eigenvalue weighted by Gasteiger charge is 2.21. The normalized spacial score (nSPS) is 13.1. The van der Waals surface area contributed by atoms with E-state index in [9.17, 15) is 8.42 Å². The molecule has 1 unspecified atom stereocenters. The third-order valence-corrected chi connectivity index (χ3v) is 4.68. The maximum absolute atomic E-state index is 12.3. The van der Waals surface area contributed by atoms with E-state index in [1.54, 1.807) is 33.0 Å². The molecule has 0 spiro atoms. The van der Waals surface area contributed by atoms with Gasteiger partial charge in [-0.2, -0.15) is 0 Å². The zero-order chi connectivity index (χ0) is 15.6. The average Bonchev–Trinajstić information content (AvgIpc) is 2.85. The van der Waals surface area contributed by atoms with Crippen LogP contribution in [-0.2, 0) is 10.0 Å². The van der Waals surface area contributed by atoms with Gasteiger partial charge in [0.1, 0.15) is 22.2 Å². The van der Waals surface area contributed by atoms with E-state index in [1.807, 2.05) is 0 Å². The van der Waals surface area contributed by atoms with Gasteiger partial charge in [-0.3, -0.25) is 0 Å². The second kappa shape index (κ2) is 6.05. The van der Waals surface area contributed by atoms with Crippen molar-refractivity contribution in [2.75, 3.05) is 12.4 Å². The van der Waals surface area contributed by atoms with Crippen molar-refractivity contribution in [3.05, 3.63) is 40.9 Å². The quantitative estimate of drug-likeness (QED) is 0.881. The van der Waals surface area contributed by atoms with Crippen molar-refractivity contribution < 1.29 is 12.8 Å².